The number of esters is 1. The Balaban J connectivity index is 1.45. The van der Waals surface area contributed by atoms with E-state index in [0.717, 1.165) is 12.2 Å². The van der Waals surface area contributed by atoms with Crippen molar-refractivity contribution in [3.05, 3.63) is 48.5 Å². The predicted molar refractivity (Wildman–Crippen MR) is 103 cm³/mol. The molecule has 28 heavy (non-hydrogen) atoms. The second-order valence-corrected chi connectivity index (χ2v) is 6.19. The van der Waals surface area contributed by atoms with Gasteiger partial charge in [0.25, 0.3) is 5.91 Å². The SMILES string of the molecule is CCOc1ccc(Oc2ccc(NC(=O)COC(=O)[C@@H]3CCCO3)cc2)cc1. The molecule has 1 heterocycles. The molecule has 1 amide bonds. The van der Waals surface area contributed by atoms with Gasteiger partial charge in [0.05, 0.1) is 6.61 Å². The van der Waals surface area contributed by atoms with Crippen molar-refractivity contribution in [3.8, 4) is 17.2 Å². The lowest BCUT2D eigenvalue weighted by Gasteiger charge is -2.11. The molecule has 1 atom stereocenters. The third-order valence-corrected chi connectivity index (χ3v) is 4.05. The zero-order chi connectivity index (χ0) is 19.8. The number of nitrogens with one attached hydrogen (secondary N) is 1. The maximum atomic E-state index is 11.9. The minimum Gasteiger partial charge on any atom is -0.494 e. The fourth-order valence-corrected chi connectivity index (χ4v) is 2.70. The molecule has 1 aliphatic rings. The van der Waals surface area contributed by atoms with Crippen molar-refractivity contribution in [1.82, 2.24) is 0 Å². The fraction of sp³-hybridized carbons (Fsp3) is 0.333. The van der Waals surface area contributed by atoms with E-state index in [9.17, 15) is 9.59 Å². The average Bonchev–Trinajstić information content (AvgIpc) is 3.24. The van der Waals surface area contributed by atoms with Crippen LogP contribution >= 0.6 is 0 Å². The molecular weight excluding hydrogens is 362 g/mol. The summed E-state index contributed by atoms with van der Waals surface area (Å²) in [6.07, 6.45) is 0.916. The van der Waals surface area contributed by atoms with Crippen LogP contribution in [0.25, 0.3) is 0 Å². The van der Waals surface area contributed by atoms with Gasteiger partial charge >= 0.3 is 5.97 Å². The molecule has 1 aliphatic heterocycles. The summed E-state index contributed by atoms with van der Waals surface area (Å²) < 4.78 is 21.3. The Hall–Kier alpha value is -3.06. The summed E-state index contributed by atoms with van der Waals surface area (Å²) in [6, 6.07) is 14.2. The van der Waals surface area contributed by atoms with Crippen LogP contribution < -0.4 is 14.8 Å². The van der Waals surface area contributed by atoms with E-state index < -0.39 is 18.0 Å². The van der Waals surface area contributed by atoms with E-state index >= 15 is 0 Å². The number of hydrogen-bond donors (Lipinski definition) is 1. The highest BCUT2D eigenvalue weighted by atomic mass is 16.6. The first-order valence-corrected chi connectivity index (χ1v) is 9.23. The van der Waals surface area contributed by atoms with Gasteiger partial charge in [-0.15, -0.1) is 0 Å². The average molecular weight is 385 g/mol. The van der Waals surface area contributed by atoms with Crippen LogP contribution in [0.3, 0.4) is 0 Å². The van der Waals surface area contributed by atoms with Crippen molar-refractivity contribution in [1.29, 1.82) is 0 Å². The van der Waals surface area contributed by atoms with Gasteiger partial charge in [-0.25, -0.2) is 4.79 Å². The molecule has 0 spiro atoms. The van der Waals surface area contributed by atoms with Crippen molar-refractivity contribution in [3.63, 3.8) is 0 Å². The van der Waals surface area contributed by atoms with Gasteiger partial charge in [-0.2, -0.15) is 0 Å². The molecule has 2 aromatic rings. The van der Waals surface area contributed by atoms with E-state index in [4.69, 9.17) is 18.9 Å². The highest BCUT2D eigenvalue weighted by molar-refractivity contribution is 5.93. The number of amides is 1. The molecule has 1 saturated heterocycles. The second-order valence-electron chi connectivity index (χ2n) is 6.19. The molecule has 0 aliphatic carbocycles. The monoisotopic (exact) mass is 385 g/mol. The zero-order valence-corrected chi connectivity index (χ0v) is 15.7. The van der Waals surface area contributed by atoms with Crippen molar-refractivity contribution in [2.45, 2.75) is 25.9 Å². The van der Waals surface area contributed by atoms with Gasteiger partial charge in [-0.3, -0.25) is 4.79 Å². The van der Waals surface area contributed by atoms with E-state index in [-0.39, 0.29) is 6.61 Å². The van der Waals surface area contributed by atoms with Gasteiger partial charge in [0, 0.05) is 12.3 Å². The molecule has 3 rings (SSSR count). The Morgan fingerprint density at radius 3 is 2.29 bits per heavy atom. The Bertz CT molecular complexity index is 782. The predicted octanol–water partition coefficient (Wildman–Crippen LogP) is 3.54. The van der Waals surface area contributed by atoms with Gasteiger partial charge < -0.3 is 24.3 Å². The third-order valence-electron chi connectivity index (χ3n) is 4.05. The first-order valence-electron chi connectivity index (χ1n) is 9.23. The van der Waals surface area contributed by atoms with Crippen LogP contribution in [0.1, 0.15) is 19.8 Å². The van der Waals surface area contributed by atoms with Crippen LogP contribution in [-0.2, 0) is 19.1 Å². The van der Waals surface area contributed by atoms with Crippen LogP contribution in [-0.4, -0.2) is 37.8 Å². The quantitative estimate of drug-likeness (QED) is 0.700. The summed E-state index contributed by atoms with van der Waals surface area (Å²) >= 11 is 0. The summed E-state index contributed by atoms with van der Waals surface area (Å²) in [5.74, 6) is 1.19. The summed E-state index contributed by atoms with van der Waals surface area (Å²) in [5, 5.41) is 2.67. The topological polar surface area (TPSA) is 83.1 Å². The van der Waals surface area contributed by atoms with E-state index in [1.807, 2.05) is 31.2 Å². The first kappa shape index (κ1) is 19.7. The van der Waals surface area contributed by atoms with Gasteiger partial charge in [0.1, 0.15) is 17.2 Å². The second kappa shape index (κ2) is 9.75. The van der Waals surface area contributed by atoms with Gasteiger partial charge in [0.2, 0.25) is 0 Å². The van der Waals surface area contributed by atoms with Crippen molar-refractivity contribution in [2.75, 3.05) is 25.1 Å². The molecule has 0 bridgehead atoms. The van der Waals surface area contributed by atoms with Crippen LogP contribution in [0.2, 0.25) is 0 Å². The minimum absolute atomic E-state index is 0.344. The standard InChI is InChI=1S/C21H23NO6/c1-2-25-16-9-11-18(12-10-16)28-17-7-5-15(6-8-17)22-20(23)14-27-21(24)19-4-3-13-26-19/h5-12,19H,2-4,13-14H2,1H3,(H,22,23)/t19-/m0/s1. The summed E-state index contributed by atoms with van der Waals surface area (Å²) in [5.41, 5.74) is 0.581. The maximum Gasteiger partial charge on any atom is 0.335 e. The highest BCUT2D eigenvalue weighted by Crippen LogP contribution is 2.25. The summed E-state index contributed by atoms with van der Waals surface area (Å²) in [7, 11) is 0. The minimum atomic E-state index is -0.549. The molecule has 0 unspecified atom stereocenters. The number of carbonyl (C=O) groups is 2. The van der Waals surface area contributed by atoms with E-state index in [1.54, 1.807) is 24.3 Å². The molecule has 7 nitrogen and oxygen atoms in total. The molecule has 1 fully saturated rings. The van der Waals surface area contributed by atoms with E-state index in [1.165, 1.54) is 0 Å². The first-order chi connectivity index (χ1) is 13.6. The number of anilines is 1. The number of carbonyl (C=O) groups excluding carboxylic acids is 2. The Morgan fingerprint density at radius 1 is 1.04 bits per heavy atom. The number of hydrogen-bond acceptors (Lipinski definition) is 6. The molecule has 2 aromatic carbocycles. The lowest BCUT2D eigenvalue weighted by Crippen LogP contribution is -2.27. The van der Waals surface area contributed by atoms with Crippen molar-refractivity contribution >= 4 is 17.6 Å². The third kappa shape index (κ3) is 5.72. The van der Waals surface area contributed by atoms with Gasteiger partial charge in [-0.1, -0.05) is 0 Å². The molecule has 1 N–H and O–H groups in total. The maximum absolute atomic E-state index is 11.9. The summed E-state index contributed by atoms with van der Waals surface area (Å²) in [6.45, 7) is 2.75. The molecule has 7 heteroatoms. The lowest BCUT2D eigenvalue weighted by atomic mass is 10.2. The smallest absolute Gasteiger partial charge is 0.335 e. The van der Waals surface area contributed by atoms with Gasteiger partial charge in [0.15, 0.2) is 12.7 Å². The molecule has 0 radical (unpaired) electrons. The molecule has 0 saturated carbocycles. The lowest BCUT2D eigenvalue weighted by molar-refractivity contribution is -0.156. The van der Waals surface area contributed by atoms with Crippen LogP contribution in [0, 0.1) is 0 Å². The Morgan fingerprint density at radius 2 is 1.68 bits per heavy atom. The van der Waals surface area contributed by atoms with Crippen LogP contribution in [0.4, 0.5) is 5.69 Å². The van der Waals surface area contributed by atoms with E-state index in [2.05, 4.69) is 5.32 Å². The van der Waals surface area contributed by atoms with E-state index in [0.29, 0.717) is 36.8 Å². The Labute approximate surface area is 163 Å². The van der Waals surface area contributed by atoms with Crippen molar-refractivity contribution < 1.29 is 28.5 Å². The summed E-state index contributed by atoms with van der Waals surface area (Å²) in [4.78, 5) is 23.6. The molecule has 148 valence electrons. The normalized spacial score (nSPS) is 15.7. The number of benzene rings is 2. The number of ether oxygens (including phenoxy) is 4. The number of rotatable bonds is 8. The Kier molecular flexibility index (Phi) is 6.86. The van der Waals surface area contributed by atoms with Crippen LogP contribution in [0.5, 0.6) is 17.2 Å². The van der Waals surface area contributed by atoms with Gasteiger partial charge in [-0.05, 0) is 68.3 Å². The highest BCUT2D eigenvalue weighted by Gasteiger charge is 2.25. The zero-order valence-electron chi connectivity index (χ0n) is 15.7. The fourth-order valence-electron chi connectivity index (χ4n) is 2.70. The largest absolute Gasteiger partial charge is 0.494 e. The van der Waals surface area contributed by atoms with Crippen molar-refractivity contribution in [2.24, 2.45) is 0 Å². The molecule has 0 aromatic heterocycles. The molecular formula is C21H23NO6. The van der Waals surface area contributed by atoms with Crippen LogP contribution in [0.15, 0.2) is 48.5 Å².